The van der Waals surface area contributed by atoms with Crippen LogP contribution >= 0.6 is 0 Å². The minimum absolute atomic E-state index is 0.403. The van der Waals surface area contributed by atoms with Crippen molar-refractivity contribution in [3.05, 3.63) is 28.3 Å². The largest absolute Gasteiger partial charge is 0.381 e. The second kappa shape index (κ2) is 8.65. The van der Waals surface area contributed by atoms with Crippen LogP contribution in [0.5, 0.6) is 0 Å². The Morgan fingerprint density at radius 3 is 2.09 bits per heavy atom. The fourth-order valence-corrected chi connectivity index (χ4v) is 4.07. The molecule has 0 atom stereocenters. The summed E-state index contributed by atoms with van der Waals surface area (Å²) in [6, 6.07) is 2.03. The molecule has 0 saturated carbocycles. The molecule has 0 spiro atoms. The number of sulfonamides is 1. The molecular weight excluding hydrogens is 298 g/mol. The van der Waals surface area contributed by atoms with Crippen molar-refractivity contribution in [2.24, 2.45) is 0 Å². The lowest BCUT2D eigenvalue weighted by Crippen LogP contribution is -2.27. The molecule has 1 rings (SSSR count). The van der Waals surface area contributed by atoms with Gasteiger partial charge in [0.25, 0.3) is 0 Å². The third kappa shape index (κ3) is 5.07. The maximum atomic E-state index is 12.6. The second-order valence-corrected chi connectivity index (χ2v) is 7.51. The molecule has 1 aromatic carbocycles. The standard InChI is InChI=1S/C17H29NO3S/c1-6-7-10-21-11-8-9-18-22(19,20)17-15(4)13(2)12-14(3)16(17)5/h12,18H,6-11H2,1-5H3. The van der Waals surface area contributed by atoms with Gasteiger partial charge in [0.1, 0.15) is 0 Å². The number of benzene rings is 1. The number of hydrogen-bond acceptors (Lipinski definition) is 3. The first-order chi connectivity index (χ1) is 10.3. The number of rotatable bonds is 9. The van der Waals surface area contributed by atoms with Gasteiger partial charge in [-0.1, -0.05) is 19.4 Å². The lowest BCUT2D eigenvalue weighted by atomic mass is 10.0. The van der Waals surface area contributed by atoms with Gasteiger partial charge in [0.05, 0.1) is 4.90 Å². The van der Waals surface area contributed by atoms with Gasteiger partial charge in [-0.15, -0.1) is 0 Å². The van der Waals surface area contributed by atoms with Crippen LogP contribution in [0.3, 0.4) is 0 Å². The average Bonchev–Trinajstić information content (AvgIpc) is 2.44. The quantitative estimate of drug-likeness (QED) is 0.707. The summed E-state index contributed by atoms with van der Waals surface area (Å²) in [4.78, 5) is 0.428. The van der Waals surface area contributed by atoms with Gasteiger partial charge in [-0.25, -0.2) is 13.1 Å². The van der Waals surface area contributed by atoms with Gasteiger partial charge in [-0.05, 0) is 62.8 Å². The Morgan fingerprint density at radius 2 is 1.55 bits per heavy atom. The van der Waals surface area contributed by atoms with Gasteiger partial charge >= 0.3 is 0 Å². The summed E-state index contributed by atoms with van der Waals surface area (Å²) in [7, 11) is -3.47. The van der Waals surface area contributed by atoms with E-state index in [4.69, 9.17) is 4.74 Å². The van der Waals surface area contributed by atoms with Crippen molar-refractivity contribution in [1.82, 2.24) is 4.72 Å². The predicted molar refractivity (Wildman–Crippen MR) is 90.9 cm³/mol. The third-order valence-corrected chi connectivity index (χ3v) is 5.70. The molecule has 0 aliphatic heterocycles. The van der Waals surface area contributed by atoms with Crippen LogP contribution in [-0.2, 0) is 14.8 Å². The Morgan fingerprint density at radius 1 is 1.00 bits per heavy atom. The van der Waals surface area contributed by atoms with E-state index >= 15 is 0 Å². The Balaban J connectivity index is 2.68. The minimum atomic E-state index is -3.47. The van der Waals surface area contributed by atoms with Crippen LogP contribution in [0.2, 0.25) is 0 Å². The monoisotopic (exact) mass is 327 g/mol. The highest BCUT2D eigenvalue weighted by molar-refractivity contribution is 7.89. The molecule has 1 N–H and O–H groups in total. The van der Waals surface area contributed by atoms with Crippen molar-refractivity contribution in [1.29, 1.82) is 0 Å². The fraction of sp³-hybridized carbons (Fsp3) is 0.647. The SMILES string of the molecule is CCCCOCCCNS(=O)(=O)c1c(C)c(C)cc(C)c1C. The lowest BCUT2D eigenvalue weighted by Gasteiger charge is -2.16. The van der Waals surface area contributed by atoms with E-state index < -0.39 is 10.0 Å². The molecule has 5 heteroatoms. The first-order valence-electron chi connectivity index (χ1n) is 7.96. The van der Waals surface area contributed by atoms with Crippen molar-refractivity contribution in [3.8, 4) is 0 Å². The van der Waals surface area contributed by atoms with Gasteiger partial charge in [-0.3, -0.25) is 0 Å². The molecule has 0 fully saturated rings. The van der Waals surface area contributed by atoms with E-state index in [1.165, 1.54) is 0 Å². The summed E-state index contributed by atoms with van der Waals surface area (Å²) in [5.74, 6) is 0. The smallest absolute Gasteiger partial charge is 0.241 e. The normalized spacial score (nSPS) is 11.9. The van der Waals surface area contributed by atoms with Gasteiger partial charge in [0.15, 0.2) is 0 Å². The van der Waals surface area contributed by atoms with E-state index in [1.54, 1.807) is 0 Å². The molecule has 0 aromatic heterocycles. The minimum Gasteiger partial charge on any atom is -0.381 e. The summed E-state index contributed by atoms with van der Waals surface area (Å²) in [6.07, 6.45) is 2.84. The highest BCUT2D eigenvalue weighted by Gasteiger charge is 2.21. The first kappa shape index (κ1) is 19.1. The number of hydrogen-bond donors (Lipinski definition) is 1. The zero-order valence-electron chi connectivity index (χ0n) is 14.5. The molecule has 126 valence electrons. The number of ether oxygens (including phenoxy) is 1. The molecule has 1 aromatic rings. The molecule has 0 bridgehead atoms. The Kier molecular flexibility index (Phi) is 7.53. The van der Waals surface area contributed by atoms with Crippen LogP contribution in [0.4, 0.5) is 0 Å². The van der Waals surface area contributed by atoms with Crippen LogP contribution < -0.4 is 4.72 Å². The first-order valence-corrected chi connectivity index (χ1v) is 9.44. The summed E-state index contributed by atoms with van der Waals surface area (Å²) in [5.41, 5.74) is 3.67. The van der Waals surface area contributed by atoms with Crippen LogP contribution in [0.25, 0.3) is 0 Å². The highest BCUT2D eigenvalue weighted by Crippen LogP contribution is 2.25. The summed E-state index contributed by atoms with van der Waals surface area (Å²) < 4.78 is 33.3. The molecule has 0 amide bonds. The summed E-state index contributed by atoms with van der Waals surface area (Å²) >= 11 is 0. The Labute approximate surface area is 135 Å². The van der Waals surface area contributed by atoms with E-state index in [0.29, 0.717) is 24.5 Å². The number of nitrogens with one attached hydrogen (secondary N) is 1. The van der Waals surface area contributed by atoms with Crippen molar-refractivity contribution in [2.45, 2.75) is 58.8 Å². The van der Waals surface area contributed by atoms with Crippen molar-refractivity contribution >= 4 is 10.0 Å². The second-order valence-electron chi connectivity index (χ2n) is 5.81. The molecule has 0 saturated heterocycles. The van der Waals surface area contributed by atoms with E-state index in [2.05, 4.69) is 11.6 Å². The summed E-state index contributed by atoms with van der Waals surface area (Å²) in [6.45, 7) is 11.5. The van der Waals surface area contributed by atoms with Crippen LogP contribution in [-0.4, -0.2) is 28.2 Å². The fourth-order valence-electron chi connectivity index (χ4n) is 2.39. The van der Waals surface area contributed by atoms with Crippen molar-refractivity contribution < 1.29 is 13.2 Å². The lowest BCUT2D eigenvalue weighted by molar-refractivity contribution is 0.130. The molecule has 22 heavy (non-hydrogen) atoms. The van der Waals surface area contributed by atoms with E-state index in [1.807, 2.05) is 33.8 Å². The molecule has 0 radical (unpaired) electrons. The zero-order chi connectivity index (χ0) is 16.8. The van der Waals surface area contributed by atoms with Crippen molar-refractivity contribution in [2.75, 3.05) is 19.8 Å². The predicted octanol–water partition coefficient (Wildman–Crippen LogP) is 3.41. The third-order valence-electron chi connectivity index (χ3n) is 3.97. The van der Waals surface area contributed by atoms with E-state index in [0.717, 1.165) is 41.7 Å². The van der Waals surface area contributed by atoms with E-state index in [9.17, 15) is 8.42 Å². The number of unbranched alkanes of at least 4 members (excludes halogenated alkanes) is 1. The molecule has 0 aliphatic carbocycles. The molecule has 4 nitrogen and oxygen atoms in total. The van der Waals surface area contributed by atoms with Crippen LogP contribution in [0, 0.1) is 27.7 Å². The molecule has 0 unspecified atom stereocenters. The van der Waals surface area contributed by atoms with Crippen LogP contribution in [0.15, 0.2) is 11.0 Å². The maximum Gasteiger partial charge on any atom is 0.241 e. The maximum absolute atomic E-state index is 12.6. The molecular formula is C17H29NO3S. The van der Waals surface area contributed by atoms with Crippen molar-refractivity contribution in [3.63, 3.8) is 0 Å². The molecule has 0 aliphatic rings. The van der Waals surface area contributed by atoms with Gasteiger partial charge in [0, 0.05) is 19.8 Å². The van der Waals surface area contributed by atoms with Gasteiger partial charge < -0.3 is 4.74 Å². The topological polar surface area (TPSA) is 55.4 Å². The zero-order valence-corrected chi connectivity index (χ0v) is 15.3. The highest BCUT2D eigenvalue weighted by atomic mass is 32.2. The van der Waals surface area contributed by atoms with Gasteiger partial charge in [0.2, 0.25) is 10.0 Å². The average molecular weight is 327 g/mol. The summed E-state index contributed by atoms with van der Waals surface area (Å²) in [5, 5.41) is 0. The van der Waals surface area contributed by atoms with E-state index in [-0.39, 0.29) is 0 Å². The molecule has 0 heterocycles. The Bertz CT molecular complexity index is 568. The van der Waals surface area contributed by atoms with Crippen LogP contribution in [0.1, 0.15) is 48.4 Å². The van der Waals surface area contributed by atoms with Gasteiger partial charge in [-0.2, -0.15) is 0 Å². The number of aryl methyl sites for hydroxylation is 2. The Hall–Kier alpha value is -0.910.